The maximum absolute atomic E-state index is 6.85. The second-order valence-corrected chi connectivity index (χ2v) is 21.8. The van der Waals surface area contributed by atoms with Crippen molar-refractivity contribution in [3.05, 3.63) is 112 Å². The SMILES string of the molecule is C=CCC(=CC=C(C)C(C)(CC)OCCC(C)(CC)OC)C1(C2C=CC(C(C)(CC)OCCC(C)(CC)OC)=CC2)C2=C(C=CC(C(C)(C)C)CC2)c2ccc(C(C)(C)CC)cc21. The number of rotatable bonds is 23. The van der Waals surface area contributed by atoms with Crippen molar-refractivity contribution in [1.82, 2.24) is 0 Å². The van der Waals surface area contributed by atoms with E-state index >= 15 is 0 Å². The molecule has 0 radical (unpaired) electrons. The molecule has 1 aromatic rings. The summed E-state index contributed by atoms with van der Waals surface area (Å²) in [6, 6.07) is 7.51. The second-order valence-electron chi connectivity index (χ2n) is 21.8. The van der Waals surface area contributed by atoms with E-state index in [1.165, 1.54) is 39.0 Å². The third kappa shape index (κ3) is 11.3. The molecule has 63 heavy (non-hydrogen) atoms. The highest BCUT2D eigenvalue weighted by Gasteiger charge is 2.52. The molecule has 0 saturated heterocycles. The van der Waals surface area contributed by atoms with Crippen LogP contribution < -0.4 is 0 Å². The summed E-state index contributed by atoms with van der Waals surface area (Å²) in [6.45, 7) is 40.2. The Morgan fingerprint density at radius 2 is 1.41 bits per heavy atom. The molecule has 0 aromatic heterocycles. The Kier molecular flexibility index (Phi) is 17.8. The van der Waals surface area contributed by atoms with Crippen molar-refractivity contribution < 1.29 is 18.9 Å². The van der Waals surface area contributed by atoms with E-state index in [4.69, 9.17) is 18.9 Å². The minimum atomic E-state index is -0.405. The van der Waals surface area contributed by atoms with Gasteiger partial charge in [0.05, 0.1) is 35.6 Å². The summed E-state index contributed by atoms with van der Waals surface area (Å²) in [5.74, 6) is 0.676. The molecule has 3 aliphatic rings. The molecule has 7 atom stereocenters. The summed E-state index contributed by atoms with van der Waals surface area (Å²) in [5.41, 5.74) is 9.85. The predicted molar refractivity (Wildman–Crippen MR) is 272 cm³/mol. The number of hydrogen-bond donors (Lipinski definition) is 0. The van der Waals surface area contributed by atoms with Crippen LogP contribution in [0.3, 0.4) is 0 Å². The monoisotopic (exact) mass is 865 g/mol. The van der Waals surface area contributed by atoms with Crippen molar-refractivity contribution in [2.75, 3.05) is 27.4 Å². The fourth-order valence-corrected chi connectivity index (χ4v) is 10.1. The van der Waals surface area contributed by atoms with Crippen LogP contribution in [0.25, 0.3) is 5.57 Å². The van der Waals surface area contributed by atoms with Crippen molar-refractivity contribution in [3.8, 4) is 0 Å². The zero-order valence-corrected chi connectivity index (χ0v) is 43.5. The van der Waals surface area contributed by atoms with E-state index < -0.39 is 5.60 Å². The lowest BCUT2D eigenvalue weighted by Gasteiger charge is -2.45. The molecule has 0 aliphatic heterocycles. The molecule has 0 spiro atoms. The van der Waals surface area contributed by atoms with Crippen LogP contribution in [0.4, 0.5) is 0 Å². The Balaban J connectivity index is 1.98. The first-order valence-corrected chi connectivity index (χ1v) is 24.9. The molecule has 0 heterocycles. The first-order valence-electron chi connectivity index (χ1n) is 24.9. The number of allylic oxidation sites excluding steroid dienone is 10. The average molecular weight is 865 g/mol. The lowest BCUT2D eigenvalue weighted by Crippen LogP contribution is -2.40. The Labute approximate surface area is 387 Å². The summed E-state index contributed by atoms with van der Waals surface area (Å²) in [6.07, 6.45) is 29.9. The normalized spacial score (nSPS) is 24.7. The van der Waals surface area contributed by atoms with Gasteiger partial charge in [-0.25, -0.2) is 0 Å². The maximum atomic E-state index is 6.85. The van der Waals surface area contributed by atoms with Gasteiger partial charge in [-0.1, -0.05) is 142 Å². The molecule has 352 valence electrons. The van der Waals surface area contributed by atoms with Gasteiger partial charge in [0.1, 0.15) is 0 Å². The van der Waals surface area contributed by atoms with Crippen molar-refractivity contribution in [3.63, 3.8) is 0 Å². The summed E-state index contributed by atoms with van der Waals surface area (Å²) in [7, 11) is 3.64. The molecule has 4 rings (SSSR count). The van der Waals surface area contributed by atoms with Crippen LogP contribution in [0.5, 0.6) is 0 Å². The zero-order valence-electron chi connectivity index (χ0n) is 43.5. The smallest absolute Gasteiger partial charge is 0.0897 e. The molecule has 4 nitrogen and oxygen atoms in total. The topological polar surface area (TPSA) is 36.9 Å². The van der Waals surface area contributed by atoms with Crippen LogP contribution >= 0.6 is 0 Å². The van der Waals surface area contributed by atoms with E-state index in [0.29, 0.717) is 19.1 Å². The fraction of sp³-hybridized carbons (Fsp3) is 0.661. The summed E-state index contributed by atoms with van der Waals surface area (Å²) in [5, 5.41) is 0. The molecular weight excluding hydrogens is 773 g/mol. The van der Waals surface area contributed by atoms with Gasteiger partial charge < -0.3 is 18.9 Å². The summed E-state index contributed by atoms with van der Waals surface area (Å²) < 4.78 is 25.5. The van der Waals surface area contributed by atoms with Crippen LogP contribution in [-0.2, 0) is 29.8 Å². The van der Waals surface area contributed by atoms with Gasteiger partial charge in [-0.3, -0.25) is 0 Å². The Morgan fingerprint density at radius 3 is 1.92 bits per heavy atom. The van der Waals surface area contributed by atoms with Crippen LogP contribution in [0.15, 0.2) is 95.7 Å². The van der Waals surface area contributed by atoms with E-state index in [2.05, 4.69) is 177 Å². The molecule has 0 bridgehead atoms. The molecule has 0 N–H and O–H groups in total. The molecule has 3 aliphatic carbocycles. The highest BCUT2D eigenvalue weighted by Crippen LogP contribution is 2.61. The third-order valence-electron chi connectivity index (χ3n) is 17.0. The van der Waals surface area contributed by atoms with Gasteiger partial charge in [0.2, 0.25) is 0 Å². The van der Waals surface area contributed by atoms with Crippen LogP contribution in [-0.4, -0.2) is 49.8 Å². The summed E-state index contributed by atoms with van der Waals surface area (Å²) >= 11 is 0. The van der Waals surface area contributed by atoms with Crippen LogP contribution in [0.2, 0.25) is 0 Å². The largest absolute Gasteiger partial charge is 0.378 e. The van der Waals surface area contributed by atoms with E-state index in [9.17, 15) is 0 Å². The molecule has 0 saturated carbocycles. The minimum absolute atomic E-state index is 0.0378. The van der Waals surface area contributed by atoms with Gasteiger partial charge in [-0.2, -0.15) is 0 Å². The van der Waals surface area contributed by atoms with Gasteiger partial charge in [-0.05, 0) is 167 Å². The molecule has 1 aromatic carbocycles. The molecule has 7 unspecified atom stereocenters. The van der Waals surface area contributed by atoms with Crippen molar-refractivity contribution in [1.29, 1.82) is 0 Å². The van der Waals surface area contributed by atoms with Gasteiger partial charge in [-0.15, -0.1) is 6.58 Å². The lowest BCUT2D eigenvalue weighted by molar-refractivity contribution is -0.0604. The van der Waals surface area contributed by atoms with Crippen molar-refractivity contribution in [2.24, 2.45) is 17.3 Å². The first-order chi connectivity index (χ1) is 29.6. The number of hydrogen-bond acceptors (Lipinski definition) is 4. The van der Waals surface area contributed by atoms with E-state index in [1.807, 2.05) is 14.2 Å². The van der Waals surface area contributed by atoms with Gasteiger partial charge in [0.25, 0.3) is 0 Å². The highest BCUT2D eigenvalue weighted by atomic mass is 16.5. The van der Waals surface area contributed by atoms with Crippen molar-refractivity contribution in [2.45, 2.75) is 208 Å². The Morgan fingerprint density at radius 1 is 0.778 bits per heavy atom. The van der Waals surface area contributed by atoms with Gasteiger partial charge in [0, 0.05) is 19.6 Å². The number of ether oxygens (including phenoxy) is 4. The molecule has 0 fully saturated rings. The second kappa shape index (κ2) is 21.3. The quantitative estimate of drug-likeness (QED) is 0.0811. The Bertz CT molecular complexity index is 1900. The number of fused-ring (bicyclic) bond motifs is 2. The maximum Gasteiger partial charge on any atom is 0.0897 e. The van der Waals surface area contributed by atoms with Crippen LogP contribution in [0.1, 0.15) is 191 Å². The van der Waals surface area contributed by atoms with Gasteiger partial charge >= 0.3 is 0 Å². The standard InChI is InChI=1S/C59H92O4/c1-19-25-46(27-26-43(7)57(15,23-5)62-40-38-55(13,21-3)60-17)59(47-30-28-45(29-31-47)58(16,24-6)63-41-39-56(14,22-4)61-18)51-37-34-44(53(8,9)10)32-35-49(51)50-36-33-48(42-52(50)59)54(11,12)20-2/h19,26-30,32-33,35-36,42,44,47H,1,20-25,31,34,37-41H2,2-18H3. The number of methoxy groups -OCH3 is 2. The van der Waals surface area contributed by atoms with Crippen LogP contribution in [0, 0.1) is 17.3 Å². The summed E-state index contributed by atoms with van der Waals surface area (Å²) in [4.78, 5) is 0. The predicted octanol–water partition coefficient (Wildman–Crippen LogP) is 16.1. The molecule has 4 heteroatoms. The van der Waals surface area contributed by atoms with Gasteiger partial charge in [0.15, 0.2) is 0 Å². The first kappa shape index (κ1) is 52.9. The number of benzene rings is 1. The third-order valence-corrected chi connectivity index (χ3v) is 17.0. The highest BCUT2D eigenvalue weighted by molar-refractivity contribution is 5.89. The van der Waals surface area contributed by atoms with E-state index in [0.717, 1.165) is 70.6 Å². The van der Waals surface area contributed by atoms with Crippen molar-refractivity contribution >= 4 is 5.57 Å². The lowest BCUT2D eigenvalue weighted by atomic mass is 9.58. The average Bonchev–Trinajstić information content (AvgIpc) is 3.37. The molecule has 0 amide bonds. The Hall–Kier alpha value is -2.76. The fourth-order valence-electron chi connectivity index (χ4n) is 10.1. The molecular formula is C59H92O4. The zero-order chi connectivity index (χ0) is 47.1. The van der Waals surface area contributed by atoms with E-state index in [1.54, 1.807) is 5.57 Å². The van der Waals surface area contributed by atoms with E-state index in [-0.39, 0.29) is 39.0 Å². The minimum Gasteiger partial charge on any atom is -0.378 e.